The molecular formula is C22H23NO5. The number of carboxylic acids is 1. The smallest absolute Gasteiger partial charge is 0.407 e. The minimum absolute atomic E-state index is 0.0289. The van der Waals surface area contributed by atoms with E-state index < -0.39 is 18.1 Å². The molecular weight excluding hydrogens is 358 g/mol. The Morgan fingerprint density at radius 1 is 1.11 bits per heavy atom. The van der Waals surface area contributed by atoms with Crippen molar-refractivity contribution in [3.8, 4) is 11.1 Å². The summed E-state index contributed by atoms with van der Waals surface area (Å²) in [4.78, 5) is 23.5. The number of carbonyl (C=O) groups excluding carboxylic acids is 1. The average molecular weight is 381 g/mol. The van der Waals surface area contributed by atoms with Gasteiger partial charge in [-0.15, -0.1) is 0 Å². The molecule has 1 heterocycles. The highest BCUT2D eigenvalue weighted by molar-refractivity contribution is 5.79. The standard InChI is InChI=1S/C22H23NO5/c24-21(25)12-19(20-10-5-11-27-20)23-22(26)28-13-18-16-8-3-1-6-14(16)15-7-2-4-9-17(15)18/h1-4,6-9,18-20H,5,10-13H2,(H,23,26)(H,24,25). The Kier molecular flexibility index (Phi) is 5.30. The zero-order valence-corrected chi connectivity index (χ0v) is 15.5. The molecule has 6 nitrogen and oxygen atoms in total. The topological polar surface area (TPSA) is 84.9 Å². The van der Waals surface area contributed by atoms with E-state index in [4.69, 9.17) is 14.6 Å². The Morgan fingerprint density at radius 2 is 1.75 bits per heavy atom. The van der Waals surface area contributed by atoms with Crippen molar-refractivity contribution in [2.24, 2.45) is 0 Å². The number of carbonyl (C=O) groups is 2. The van der Waals surface area contributed by atoms with Gasteiger partial charge in [-0.3, -0.25) is 4.79 Å². The van der Waals surface area contributed by atoms with Gasteiger partial charge in [-0.1, -0.05) is 48.5 Å². The maximum absolute atomic E-state index is 12.4. The molecule has 1 amide bonds. The molecule has 1 saturated heterocycles. The molecule has 0 spiro atoms. The minimum atomic E-state index is -0.973. The van der Waals surface area contributed by atoms with Crippen LogP contribution in [0.4, 0.5) is 4.79 Å². The van der Waals surface area contributed by atoms with E-state index >= 15 is 0 Å². The quantitative estimate of drug-likeness (QED) is 0.799. The third-order valence-corrected chi connectivity index (χ3v) is 5.46. The predicted molar refractivity (Wildman–Crippen MR) is 103 cm³/mol. The molecule has 146 valence electrons. The Morgan fingerprint density at radius 3 is 2.32 bits per heavy atom. The largest absolute Gasteiger partial charge is 0.481 e. The van der Waals surface area contributed by atoms with Crippen LogP contribution in [0.1, 0.15) is 36.3 Å². The summed E-state index contributed by atoms with van der Waals surface area (Å²) in [6.45, 7) is 0.790. The van der Waals surface area contributed by atoms with Crippen LogP contribution >= 0.6 is 0 Å². The highest BCUT2D eigenvalue weighted by atomic mass is 16.5. The lowest BCUT2D eigenvalue weighted by atomic mass is 9.98. The first-order chi connectivity index (χ1) is 13.6. The number of hydrogen-bond donors (Lipinski definition) is 2. The molecule has 2 atom stereocenters. The summed E-state index contributed by atoms with van der Waals surface area (Å²) in [7, 11) is 0. The number of rotatable bonds is 6. The summed E-state index contributed by atoms with van der Waals surface area (Å²) in [6, 6.07) is 15.7. The Hall–Kier alpha value is -2.86. The average Bonchev–Trinajstić information content (AvgIpc) is 3.32. The van der Waals surface area contributed by atoms with Crippen molar-refractivity contribution in [2.45, 2.75) is 37.3 Å². The number of benzene rings is 2. The van der Waals surface area contributed by atoms with E-state index in [-0.39, 0.29) is 25.0 Å². The first-order valence-electron chi connectivity index (χ1n) is 9.58. The molecule has 2 aromatic rings. The molecule has 2 N–H and O–H groups in total. The predicted octanol–water partition coefficient (Wildman–Crippen LogP) is 3.55. The normalized spacial score (nSPS) is 18.9. The molecule has 1 fully saturated rings. The van der Waals surface area contributed by atoms with Gasteiger partial charge in [0.15, 0.2) is 0 Å². The monoisotopic (exact) mass is 381 g/mol. The third-order valence-electron chi connectivity index (χ3n) is 5.46. The van der Waals surface area contributed by atoms with Crippen LogP contribution in [-0.4, -0.2) is 42.5 Å². The summed E-state index contributed by atoms with van der Waals surface area (Å²) in [5, 5.41) is 11.8. The zero-order valence-electron chi connectivity index (χ0n) is 15.5. The van der Waals surface area contributed by atoms with E-state index in [9.17, 15) is 9.59 Å². The number of fused-ring (bicyclic) bond motifs is 3. The highest BCUT2D eigenvalue weighted by Crippen LogP contribution is 2.44. The third kappa shape index (κ3) is 3.73. The fraction of sp³-hybridized carbons (Fsp3) is 0.364. The van der Waals surface area contributed by atoms with E-state index in [2.05, 4.69) is 29.6 Å². The first-order valence-corrected chi connectivity index (χ1v) is 9.58. The summed E-state index contributed by atoms with van der Waals surface area (Å²) in [5.74, 6) is -1.00. The van der Waals surface area contributed by atoms with Crippen LogP contribution in [0, 0.1) is 0 Å². The van der Waals surface area contributed by atoms with E-state index in [1.165, 1.54) is 0 Å². The SMILES string of the molecule is O=C(O)CC(NC(=O)OCC1c2ccccc2-c2ccccc21)C1CCCO1. The summed E-state index contributed by atoms with van der Waals surface area (Å²) in [5.41, 5.74) is 4.60. The van der Waals surface area contributed by atoms with Crippen LogP contribution in [0.3, 0.4) is 0 Å². The molecule has 2 aromatic carbocycles. The number of carboxylic acid groups (broad SMARTS) is 1. The Balaban J connectivity index is 1.44. The zero-order chi connectivity index (χ0) is 19.5. The molecule has 6 heteroatoms. The van der Waals surface area contributed by atoms with Gasteiger partial charge in [-0.05, 0) is 35.1 Å². The highest BCUT2D eigenvalue weighted by Gasteiger charge is 2.32. The van der Waals surface area contributed by atoms with Crippen LogP contribution in [0.15, 0.2) is 48.5 Å². The molecule has 4 rings (SSSR count). The second-order valence-corrected chi connectivity index (χ2v) is 7.23. The summed E-state index contributed by atoms with van der Waals surface area (Å²) >= 11 is 0. The van der Waals surface area contributed by atoms with Crippen molar-refractivity contribution in [3.05, 3.63) is 59.7 Å². The molecule has 0 aromatic heterocycles. The van der Waals surface area contributed by atoms with Gasteiger partial charge in [0, 0.05) is 12.5 Å². The molecule has 0 bridgehead atoms. The summed E-state index contributed by atoms with van der Waals surface area (Å²) in [6.07, 6.45) is 0.532. The van der Waals surface area contributed by atoms with Gasteiger partial charge in [0.1, 0.15) is 6.61 Å². The minimum Gasteiger partial charge on any atom is -0.481 e. The van der Waals surface area contributed by atoms with Gasteiger partial charge in [0.2, 0.25) is 0 Å². The second kappa shape index (κ2) is 8.02. The van der Waals surface area contributed by atoms with Crippen LogP contribution in [-0.2, 0) is 14.3 Å². The van der Waals surface area contributed by atoms with Crippen molar-refractivity contribution in [1.82, 2.24) is 5.32 Å². The molecule has 0 radical (unpaired) electrons. The lowest BCUT2D eigenvalue weighted by Gasteiger charge is -2.23. The van der Waals surface area contributed by atoms with Crippen molar-refractivity contribution in [2.75, 3.05) is 13.2 Å². The van der Waals surface area contributed by atoms with Crippen molar-refractivity contribution >= 4 is 12.1 Å². The van der Waals surface area contributed by atoms with Crippen molar-refractivity contribution in [1.29, 1.82) is 0 Å². The van der Waals surface area contributed by atoms with Gasteiger partial charge in [0.05, 0.1) is 18.6 Å². The van der Waals surface area contributed by atoms with Gasteiger partial charge >= 0.3 is 12.1 Å². The fourth-order valence-electron chi connectivity index (χ4n) is 4.17. The van der Waals surface area contributed by atoms with E-state index in [0.717, 1.165) is 35.1 Å². The van der Waals surface area contributed by atoms with Gasteiger partial charge in [-0.25, -0.2) is 4.79 Å². The fourth-order valence-corrected chi connectivity index (χ4v) is 4.17. The van der Waals surface area contributed by atoms with E-state index in [1.807, 2.05) is 24.3 Å². The van der Waals surface area contributed by atoms with Gasteiger partial charge < -0.3 is 19.9 Å². The number of amides is 1. The van der Waals surface area contributed by atoms with Crippen molar-refractivity contribution < 1.29 is 24.2 Å². The van der Waals surface area contributed by atoms with Crippen LogP contribution < -0.4 is 5.32 Å². The Labute approximate surface area is 163 Å². The molecule has 28 heavy (non-hydrogen) atoms. The first kappa shape index (κ1) is 18.5. The number of alkyl carbamates (subject to hydrolysis) is 1. The van der Waals surface area contributed by atoms with Crippen LogP contribution in [0.5, 0.6) is 0 Å². The number of nitrogens with one attached hydrogen (secondary N) is 1. The van der Waals surface area contributed by atoms with Crippen LogP contribution in [0.2, 0.25) is 0 Å². The second-order valence-electron chi connectivity index (χ2n) is 7.23. The Bertz CT molecular complexity index is 829. The molecule has 1 aliphatic carbocycles. The summed E-state index contributed by atoms with van der Waals surface area (Å²) < 4.78 is 11.1. The number of ether oxygens (including phenoxy) is 2. The van der Waals surface area contributed by atoms with Gasteiger partial charge in [0.25, 0.3) is 0 Å². The van der Waals surface area contributed by atoms with E-state index in [0.29, 0.717) is 6.61 Å². The molecule has 1 aliphatic heterocycles. The molecule has 0 saturated carbocycles. The number of hydrogen-bond acceptors (Lipinski definition) is 4. The number of aliphatic carboxylic acids is 1. The van der Waals surface area contributed by atoms with Crippen LogP contribution in [0.25, 0.3) is 11.1 Å². The molecule has 2 unspecified atom stereocenters. The maximum atomic E-state index is 12.4. The maximum Gasteiger partial charge on any atom is 0.407 e. The van der Waals surface area contributed by atoms with E-state index in [1.54, 1.807) is 0 Å². The van der Waals surface area contributed by atoms with Gasteiger partial charge in [-0.2, -0.15) is 0 Å². The lowest BCUT2D eigenvalue weighted by Crippen LogP contribution is -2.45. The lowest BCUT2D eigenvalue weighted by molar-refractivity contribution is -0.138. The van der Waals surface area contributed by atoms with Crippen molar-refractivity contribution in [3.63, 3.8) is 0 Å². The molecule has 2 aliphatic rings.